The summed E-state index contributed by atoms with van der Waals surface area (Å²) in [6, 6.07) is 6.18. The smallest absolute Gasteiger partial charge is 0.226 e. The second-order valence-corrected chi connectivity index (χ2v) is 4.54. The number of benzene rings is 1. The standard InChI is InChI=1S/C14H22N2O/c1-11-8-12(2)10-13(9-11)16(3)14(17)6-4-5-7-15/h8-10H,4-7,15H2,1-3H3. The minimum Gasteiger partial charge on any atom is -0.330 e. The number of carbonyl (C=O) groups excluding carboxylic acids is 1. The van der Waals surface area contributed by atoms with Gasteiger partial charge in [-0.3, -0.25) is 4.79 Å². The molecule has 0 aliphatic heterocycles. The number of rotatable bonds is 5. The molecular formula is C14H22N2O. The van der Waals surface area contributed by atoms with E-state index in [2.05, 4.69) is 6.07 Å². The normalized spacial score (nSPS) is 10.4. The van der Waals surface area contributed by atoms with Crippen LogP contribution < -0.4 is 10.6 Å². The first-order valence-electron chi connectivity index (χ1n) is 6.09. The maximum atomic E-state index is 11.9. The van der Waals surface area contributed by atoms with Crippen LogP contribution in [0.3, 0.4) is 0 Å². The van der Waals surface area contributed by atoms with Gasteiger partial charge in [0, 0.05) is 19.2 Å². The summed E-state index contributed by atoms with van der Waals surface area (Å²) in [5.41, 5.74) is 8.75. The largest absolute Gasteiger partial charge is 0.330 e. The molecule has 0 unspecified atom stereocenters. The highest BCUT2D eigenvalue weighted by Crippen LogP contribution is 2.18. The van der Waals surface area contributed by atoms with E-state index in [9.17, 15) is 4.79 Å². The van der Waals surface area contributed by atoms with Crippen LogP contribution in [0.4, 0.5) is 5.69 Å². The van der Waals surface area contributed by atoms with Gasteiger partial charge in [-0.2, -0.15) is 0 Å². The third kappa shape index (κ3) is 4.19. The molecule has 17 heavy (non-hydrogen) atoms. The molecule has 3 heteroatoms. The van der Waals surface area contributed by atoms with Crippen LogP contribution in [0.5, 0.6) is 0 Å². The predicted octanol–water partition coefficient (Wildman–Crippen LogP) is 2.40. The van der Waals surface area contributed by atoms with Crippen molar-refractivity contribution in [1.29, 1.82) is 0 Å². The lowest BCUT2D eigenvalue weighted by Gasteiger charge is -2.18. The van der Waals surface area contributed by atoms with Gasteiger partial charge in [0.1, 0.15) is 0 Å². The van der Waals surface area contributed by atoms with Crippen LogP contribution in [0.15, 0.2) is 18.2 Å². The Kier molecular flexibility index (Phi) is 5.16. The summed E-state index contributed by atoms with van der Waals surface area (Å²) in [4.78, 5) is 13.7. The lowest BCUT2D eigenvalue weighted by atomic mass is 10.1. The fraction of sp³-hybridized carbons (Fsp3) is 0.500. The second-order valence-electron chi connectivity index (χ2n) is 4.54. The van der Waals surface area contributed by atoms with Crippen LogP contribution >= 0.6 is 0 Å². The van der Waals surface area contributed by atoms with E-state index in [0.29, 0.717) is 13.0 Å². The summed E-state index contributed by atoms with van der Waals surface area (Å²) < 4.78 is 0. The number of anilines is 1. The number of hydrogen-bond donors (Lipinski definition) is 1. The highest BCUT2D eigenvalue weighted by Gasteiger charge is 2.10. The molecule has 0 bridgehead atoms. The Hall–Kier alpha value is -1.35. The third-order valence-corrected chi connectivity index (χ3v) is 2.81. The number of unbranched alkanes of at least 4 members (excludes halogenated alkanes) is 1. The predicted molar refractivity (Wildman–Crippen MR) is 72.2 cm³/mol. The van der Waals surface area contributed by atoms with Gasteiger partial charge >= 0.3 is 0 Å². The van der Waals surface area contributed by atoms with E-state index in [1.807, 2.05) is 33.0 Å². The topological polar surface area (TPSA) is 46.3 Å². The minimum atomic E-state index is 0.156. The summed E-state index contributed by atoms with van der Waals surface area (Å²) >= 11 is 0. The van der Waals surface area contributed by atoms with Crippen molar-refractivity contribution in [1.82, 2.24) is 0 Å². The summed E-state index contributed by atoms with van der Waals surface area (Å²) in [6.45, 7) is 4.74. The van der Waals surface area contributed by atoms with Gasteiger partial charge in [0.15, 0.2) is 0 Å². The average Bonchev–Trinajstić information content (AvgIpc) is 2.27. The van der Waals surface area contributed by atoms with E-state index in [1.165, 1.54) is 11.1 Å². The van der Waals surface area contributed by atoms with Crippen molar-refractivity contribution < 1.29 is 4.79 Å². The SMILES string of the molecule is Cc1cc(C)cc(N(C)C(=O)CCCCN)c1. The summed E-state index contributed by atoms with van der Waals surface area (Å²) in [5, 5.41) is 0. The highest BCUT2D eigenvalue weighted by molar-refractivity contribution is 5.92. The molecule has 0 heterocycles. The van der Waals surface area contributed by atoms with Gasteiger partial charge in [0.25, 0.3) is 0 Å². The molecule has 1 amide bonds. The first kappa shape index (κ1) is 13.7. The van der Waals surface area contributed by atoms with Gasteiger partial charge in [0.2, 0.25) is 5.91 Å². The third-order valence-electron chi connectivity index (χ3n) is 2.81. The van der Waals surface area contributed by atoms with Gasteiger partial charge in [-0.15, -0.1) is 0 Å². The van der Waals surface area contributed by atoms with E-state index < -0.39 is 0 Å². The van der Waals surface area contributed by atoms with Crippen LogP contribution in [0.25, 0.3) is 0 Å². The lowest BCUT2D eigenvalue weighted by molar-refractivity contribution is -0.118. The van der Waals surface area contributed by atoms with E-state index in [0.717, 1.165) is 18.5 Å². The number of amides is 1. The zero-order valence-corrected chi connectivity index (χ0v) is 11.0. The number of nitrogens with two attached hydrogens (primary N) is 1. The van der Waals surface area contributed by atoms with Crippen molar-refractivity contribution in [2.45, 2.75) is 33.1 Å². The number of nitrogens with zero attached hydrogens (tertiary/aromatic N) is 1. The quantitative estimate of drug-likeness (QED) is 0.795. The van der Waals surface area contributed by atoms with E-state index >= 15 is 0 Å². The molecule has 1 aromatic rings. The Labute approximate surface area is 104 Å². The zero-order valence-electron chi connectivity index (χ0n) is 11.0. The maximum Gasteiger partial charge on any atom is 0.226 e. The first-order chi connectivity index (χ1) is 8.04. The molecule has 94 valence electrons. The van der Waals surface area contributed by atoms with Crippen molar-refractivity contribution in [2.24, 2.45) is 5.73 Å². The molecule has 0 saturated heterocycles. The average molecular weight is 234 g/mol. The minimum absolute atomic E-state index is 0.156. The van der Waals surface area contributed by atoms with Crippen LogP contribution in [0, 0.1) is 13.8 Å². The van der Waals surface area contributed by atoms with E-state index in [4.69, 9.17) is 5.73 Å². The number of carbonyl (C=O) groups is 1. The molecule has 0 atom stereocenters. The molecule has 2 N–H and O–H groups in total. The zero-order chi connectivity index (χ0) is 12.8. The van der Waals surface area contributed by atoms with E-state index in [-0.39, 0.29) is 5.91 Å². The number of hydrogen-bond acceptors (Lipinski definition) is 2. The first-order valence-corrected chi connectivity index (χ1v) is 6.09. The monoisotopic (exact) mass is 234 g/mol. The molecule has 0 aromatic heterocycles. The molecule has 0 aliphatic carbocycles. The molecule has 0 spiro atoms. The van der Waals surface area contributed by atoms with Gasteiger partial charge in [-0.1, -0.05) is 6.07 Å². The molecule has 0 fully saturated rings. The van der Waals surface area contributed by atoms with Crippen molar-refractivity contribution in [3.8, 4) is 0 Å². The number of aryl methyl sites for hydroxylation is 2. The molecule has 0 radical (unpaired) electrons. The van der Waals surface area contributed by atoms with Crippen LogP contribution in [0.2, 0.25) is 0 Å². The Morgan fingerprint density at radius 1 is 1.18 bits per heavy atom. The van der Waals surface area contributed by atoms with Crippen LogP contribution in [-0.2, 0) is 4.79 Å². The summed E-state index contributed by atoms with van der Waals surface area (Å²) in [5.74, 6) is 0.156. The molecule has 3 nitrogen and oxygen atoms in total. The van der Waals surface area contributed by atoms with Gasteiger partial charge in [-0.25, -0.2) is 0 Å². The van der Waals surface area contributed by atoms with Crippen molar-refractivity contribution in [2.75, 3.05) is 18.5 Å². The van der Waals surface area contributed by atoms with Crippen molar-refractivity contribution in [3.63, 3.8) is 0 Å². The second kappa shape index (κ2) is 6.40. The maximum absolute atomic E-state index is 11.9. The summed E-state index contributed by atoms with van der Waals surface area (Å²) in [7, 11) is 1.83. The molecule has 0 saturated carbocycles. The van der Waals surface area contributed by atoms with Gasteiger partial charge < -0.3 is 10.6 Å². The van der Waals surface area contributed by atoms with Gasteiger partial charge in [0.05, 0.1) is 0 Å². The molecule has 1 rings (SSSR count). The molecule has 0 aliphatic rings. The Morgan fingerprint density at radius 2 is 1.76 bits per heavy atom. The van der Waals surface area contributed by atoms with Crippen LogP contribution in [-0.4, -0.2) is 19.5 Å². The fourth-order valence-electron chi connectivity index (χ4n) is 1.88. The van der Waals surface area contributed by atoms with Gasteiger partial charge in [-0.05, 0) is 56.5 Å². The molecule has 1 aromatic carbocycles. The van der Waals surface area contributed by atoms with Crippen molar-refractivity contribution >= 4 is 11.6 Å². The fourth-order valence-corrected chi connectivity index (χ4v) is 1.88. The van der Waals surface area contributed by atoms with Crippen molar-refractivity contribution in [3.05, 3.63) is 29.3 Å². The van der Waals surface area contributed by atoms with Crippen LogP contribution in [0.1, 0.15) is 30.4 Å². The Bertz CT molecular complexity index is 368. The summed E-state index contributed by atoms with van der Waals surface area (Å²) in [6.07, 6.45) is 2.34. The Morgan fingerprint density at radius 3 is 2.29 bits per heavy atom. The van der Waals surface area contributed by atoms with E-state index in [1.54, 1.807) is 4.90 Å². The highest BCUT2D eigenvalue weighted by atomic mass is 16.2. The lowest BCUT2D eigenvalue weighted by Crippen LogP contribution is -2.26. The Balaban J connectivity index is 2.67. The molecular weight excluding hydrogens is 212 g/mol.